The van der Waals surface area contributed by atoms with Crippen molar-refractivity contribution in [2.45, 2.75) is 6.42 Å². The number of methoxy groups -OCH3 is 2. The van der Waals surface area contributed by atoms with Gasteiger partial charge in [-0.2, -0.15) is 0 Å². The van der Waals surface area contributed by atoms with Crippen LogP contribution in [0.4, 0.5) is 4.39 Å². The van der Waals surface area contributed by atoms with E-state index in [4.69, 9.17) is 21.1 Å². The summed E-state index contributed by atoms with van der Waals surface area (Å²) in [5.74, 6) is 0.129. The summed E-state index contributed by atoms with van der Waals surface area (Å²) in [7, 11) is 2.95. The molecule has 0 saturated carbocycles. The molecule has 0 bridgehead atoms. The Balaban J connectivity index is 2.38. The zero-order valence-corrected chi connectivity index (χ0v) is 12.4. The molecule has 2 rings (SSSR count). The summed E-state index contributed by atoms with van der Waals surface area (Å²) < 4.78 is 23.7. The van der Waals surface area contributed by atoms with Crippen molar-refractivity contribution in [2.75, 3.05) is 14.2 Å². The lowest BCUT2D eigenvalue weighted by molar-refractivity contribution is 0.0987. The van der Waals surface area contributed by atoms with E-state index < -0.39 is 5.82 Å². The Morgan fingerprint density at radius 1 is 1.14 bits per heavy atom. The maximum absolute atomic E-state index is 13.3. The number of Topliss-reactive ketones (excluding diaryl/α,β-unsaturated/α-hetero) is 1. The molecule has 0 unspecified atom stereocenters. The van der Waals surface area contributed by atoms with Gasteiger partial charge in [0.2, 0.25) is 0 Å². The van der Waals surface area contributed by atoms with Crippen LogP contribution in [0.2, 0.25) is 5.02 Å². The van der Waals surface area contributed by atoms with Crippen LogP contribution in [0.25, 0.3) is 0 Å². The van der Waals surface area contributed by atoms with Crippen LogP contribution in [0.5, 0.6) is 11.5 Å². The molecular weight excluding hydrogens is 295 g/mol. The van der Waals surface area contributed by atoms with Gasteiger partial charge < -0.3 is 9.47 Å². The lowest BCUT2D eigenvalue weighted by atomic mass is 10.0. The molecule has 0 atom stereocenters. The van der Waals surface area contributed by atoms with Crippen LogP contribution in [0, 0.1) is 5.82 Å². The third kappa shape index (κ3) is 3.34. The summed E-state index contributed by atoms with van der Waals surface area (Å²) in [4.78, 5) is 12.5. The summed E-state index contributed by atoms with van der Waals surface area (Å²) in [5.41, 5.74) is 0.748. The number of carbonyl (C=O) groups is 1. The monoisotopic (exact) mass is 308 g/mol. The fourth-order valence-corrected chi connectivity index (χ4v) is 2.25. The van der Waals surface area contributed by atoms with E-state index in [0.29, 0.717) is 27.6 Å². The minimum absolute atomic E-state index is 0.0344. The van der Waals surface area contributed by atoms with E-state index in [2.05, 4.69) is 0 Å². The number of carbonyl (C=O) groups excluding carboxylic acids is 1. The largest absolute Gasteiger partial charge is 0.496 e. The van der Waals surface area contributed by atoms with Gasteiger partial charge >= 0.3 is 0 Å². The summed E-state index contributed by atoms with van der Waals surface area (Å²) in [6.07, 6.45) is -0.0344. The molecule has 0 saturated heterocycles. The van der Waals surface area contributed by atoms with Crippen molar-refractivity contribution in [3.05, 3.63) is 58.4 Å². The molecule has 0 radical (unpaired) electrons. The average molecular weight is 309 g/mol. The zero-order valence-electron chi connectivity index (χ0n) is 11.7. The predicted molar refractivity (Wildman–Crippen MR) is 79.0 cm³/mol. The van der Waals surface area contributed by atoms with Gasteiger partial charge in [-0.1, -0.05) is 17.7 Å². The Morgan fingerprint density at radius 3 is 2.33 bits per heavy atom. The normalized spacial score (nSPS) is 10.3. The molecule has 3 nitrogen and oxygen atoms in total. The lowest BCUT2D eigenvalue weighted by Crippen LogP contribution is -2.08. The number of ether oxygens (including phenoxy) is 2. The van der Waals surface area contributed by atoms with E-state index in [-0.39, 0.29) is 12.2 Å². The van der Waals surface area contributed by atoms with Crippen LogP contribution in [-0.4, -0.2) is 20.0 Å². The Bertz CT molecular complexity index is 648. The van der Waals surface area contributed by atoms with Crippen molar-refractivity contribution in [3.63, 3.8) is 0 Å². The molecular formula is C16H14ClFO3. The van der Waals surface area contributed by atoms with E-state index in [0.717, 1.165) is 0 Å². The molecule has 0 aromatic heterocycles. The van der Waals surface area contributed by atoms with Gasteiger partial charge in [0.15, 0.2) is 5.78 Å². The molecule has 0 aliphatic heterocycles. The molecule has 0 heterocycles. The van der Waals surface area contributed by atoms with Gasteiger partial charge in [-0.15, -0.1) is 0 Å². The molecule has 0 spiro atoms. The first-order valence-corrected chi connectivity index (χ1v) is 6.62. The maximum atomic E-state index is 13.3. The second-order valence-corrected chi connectivity index (χ2v) is 4.78. The second kappa shape index (κ2) is 6.59. The van der Waals surface area contributed by atoms with Crippen LogP contribution in [0.15, 0.2) is 36.4 Å². The molecule has 2 aromatic rings. The van der Waals surface area contributed by atoms with E-state index in [1.165, 1.54) is 32.4 Å². The SMILES string of the molecule is COc1cccc(OC)c1C(=O)Cc1cc(F)ccc1Cl. The highest BCUT2D eigenvalue weighted by Gasteiger charge is 2.19. The minimum Gasteiger partial charge on any atom is -0.496 e. The van der Waals surface area contributed by atoms with Crippen LogP contribution >= 0.6 is 11.6 Å². The number of hydrogen-bond acceptors (Lipinski definition) is 3. The lowest BCUT2D eigenvalue weighted by Gasteiger charge is -2.12. The molecule has 0 aliphatic carbocycles. The fraction of sp³-hybridized carbons (Fsp3) is 0.188. The van der Waals surface area contributed by atoms with Gasteiger partial charge in [0, 0.05) is 11.4 Å². The molecule has 110 valence electrons. The number of halogens is 2. The summed E-state index contributed by atoms with van der Waals surface area (Å²) >= 11 is 5.99. The van der Waals surface area contributed by atoms with Crippen LogP contribution in [-0.2, 0) is 6.42 Å². The van der Waals surface area contributed by atoms with Crippen LogP contribution in [0.3, 0.4) is 0 Å². The molecule has 0 N–H and O–H groups in total. The Labute approximate surface area is 127 Å². The first-order valence-electron chi connectivity index (χ1n) is 6.25. The standard InChI is InChI=1S/C16H14ClFO3/c1-20-14-4-3-5-15(21-2)16(14)13(19)9-10-8-11(18)6-7-12(10)17/h3-8H,9H2,1-2H3. The molecule has 5 heteroatoms. The molecule has 0 aliphatic rings. The maximum Gasteiger partial charge on any atom is 0.174 e. The van der Waals surface area contributed by atoms with Crippen molar-refractivity contribution in [2.24, 2.45) is 0 Å². The Kier molecular flexibility index (Phi) is 4.81. The number of benzene rings is 2. The first kappa shape index (κ1) is 15.3. The third-order valence-corrected chi connectivity index (χ3v) is 3.43. The van der Waals surface area contributed by atoms with Crippen molar-refractivity contribution in [1.82, 2.24) is 0 Å². The Hall–Kier alpha value is -2.07. The molecule has 0 fully saturated rings. The molecule has 0 amide bonds. The van der Waals surface area contributed by atoms with Crippen LogP contribution < -0.4 is 9.47 Å². The van der Waals surface area contributed by atoms with Gasteiger partial charge in [-0.3, -0.25) is 4.79 Å². The predicted octanol–water partition coefficient (Wildman–Crippen LogP) is 3.92. The van der Waals surface area contributed by atoms with Crippen molar-refractivity contribution in [1.29, 1.82) is 0 Å². The van der Waals surface area contributed by atoms with Gasteiger partial charge in [0.05, 0.1) is 14.2 Å². The molecule has 2 aromatic carbocycles. The van der Waals surface area contributed by atoms with Crippen molar-refractivity contribution in [3.8, 4) is 11.5 Å². The number of hydrogen-bond donors (Lipinski definition) is 0. The average Bonchev–Trinajstić information content (AvgIpc) is 2.49. The van der Waals surface area contributed by atoms with Gasteiger partial charge in [0.25, 0.3) is 0 Å². The fourth-order valence-electron chi connectivity index (χ4n) is 2.07. The van der Waals surface area contributed by atoms with Gasteiger partial charge in [-0.05, 0) is 35.9 Å². The number of ketones is 1. The van der Waals surface area contributed by atoms with Crippen LogP contribution in [0.1, 0.15) is 15.9 Å². The topological polar surface area (TPSA) is 35.5 Å². The van der Waals surface area contributed by atoms with Crippen molar-refractivity contribution >= 4 is 17.4 Å². The Morgan fingerprint density at radius 2 is 1.76 bits per heavy atom. The van der Waals surface area contributed by atoms with E-state index in [1.807, 2.05) is 0 Å². The summed E-state index contributed by atoms with van der Waals surface area (Å²) in [6, 6.07) is 9.00. The highest BCUT2D eigenvalue weighted by atomic mass is 35.5. The smallest absolute Gasteiger partial charge is 0.174 e. The summed E-state index contributed by atoms with van der Waals surface area (Å²) in [5, 5.41) is 0.346. The third-order valence-electron chi connectivity index (χ3n) is 3.07. The quantitative estimate of drug-likeness (QED) is 0.785. The summed E-state index contributed by atoms with van der Waals surface area (Å²) in [6.45, 7) is 0. The highest BCUT2D eigenvalue weighted by molar-refractivity contribution is 6.31. The van der Waals surface area contributed by atoms with Gasteiger partial charge in [-0.25, -0.2) is 4.39 Å². The van der Waals surface area contributed by atoms with Gasteiger partial charge in [0.1, 0.15) is 22.9 Å². The number of rotatable bonds is 5. The van der Waals surface area contributed by atoms with E-state index in [1.54, 1.807) is 18.2 Å². The van der Waals surface area contributed by atoms with Crippen molar-refractivity contribution < 1.29 is 18.7 Å². The van der Waals surface area contributed by atoms with E-state index >= 15 is 0 Å². The minimum atomic E-state index is -0.436. The molecule has 21 heavy (non-hydrogen) atoms. The first-order chi connectivity index (χ1) is 10.1. The second-order valence-electron chi connectivity index (χ2n) is 4.37. The zero-order chi connectivity index (χ0) is 15.4. The van der Waals surface area contributed by atoms with E-state index in [9.17, 15) is 9.18 Å². The highest BCUT2D eigenvalue weighted by Crippen LogP contribution is 2.30.